The third-order valence-corrected chi connectivity index (χ3v) is 6.08. The van der Waals surface area contributed by atoms with Gasteiger partial charge in [0.2, 0.25) is 5.91 Å². The minimum atomic E-state index is -0.646. The molecule has 0 aliphatic carbocycles. The van der Waals surface area contributed by atoms with Gasteiger partial charge in [0.25, 0.3) is 11.7 Å². The van der Waals surface area contributed by atoms with Crippen molar-refractivity contribution in [3.8, 4) is 0 Å². The highest BCUT2D eigenvalue weighted by atomic mass is 16.2. The fraction of sp³-hybridized carbons (Fsp3) is 0.346. The average Bonchev–Trinajstić information content (AvgIpc) is 2.97. The number of carbonyl (C=O) groups is 3. The molecule has 166 valence electrons. The summed E-state index contributed by atoms with van der Waals surface area (Å²) in [5, 5.41) is 3.40. The van der Waals surface area contributed by atoms with Gasteiger partial charge >= 0.3 is 0 Å². The standard InChI is InChI=1S/C26H29N3O3/c1-19-10-12-20(13-11-19)16-27-26(32)25(31)22-17-29(23-9-5-4-8-21(22)23)18-24(30)28-14-6-2-3-7-15-28/h4-5,8-13,17H,2-3,6-7,14-16,18H2,1H3,(H,27,32). The second-order valence-corrected chi connectivity index (χ2v) is 8.48. The Balaban J connectivity index is 1.51. The van der Waals surface area contributed by atoms with Crippen LogP contribution in [0.25, 0.3) is 10.9 Å². The highest BCUT2D eigenvalue weighted by molar-refractivity contribution is 6.45. The molecular weight excluding hydrogens is 402 g/mol. The van der Waals surface area contributed by atoms with Gasteiger partial charge in [-0.1, -0.05) is 60.9 Å². The molecule has 2 heterocycles. The number of carbonyl (C=O) groups excluding carboxylic acids is 3. The molecular formula is C26H29N3O3. The molecule has 1 aromatic heterocycles. The third-order valence-electron chi connectivity index (χ3n) is 6.08. The first-order valence-electron chi connectivity index (χ1n) is 11.3. The fourth-order valence-electron chi connectivity index (χ4n) is 4.22. The van der Waals surface area contributed by atoms with Crippen molar-refractivity contribution in [2.45, 2.75) is 45.7 Å². The van der Waals surface area contributed by atoms with Gasteiger partial charge in [0.1, 0.15) is 6.54 Å². The van der Waals surface area contributed by atoms with Crippen LogP contribution in [0.5, 0.6) is 0 Å². The number of hydrogen-bond acceptors (Lipinski definition) is 3. The first-order chi connectivity index (χ1) is 15.5. The van der Waals surface area contributed by atoms with Crippen LogP contribution in [0.15, 0.2) is 54.7 Å². The minimum absolute atomic E-state index is 0.0514. The van der Waals surface area contributed by atoms with Crippen molar-refractivity contribution >= 4 is 28.5 Å². The molecule has 4 rings (SSSR count). The molecule has 32 heavy (non-hydrogen) atoms. The summed E-state index contributed by atoms with van der Waals surface area (Å²) in [6.45, 7) is 4.02. The number of hydrogen-bond donors (Lipinski definition) is 1. The Labute approximate surface area is 188 Å². The Morgan fingerprint density at radius 1 is 0.906 bits per heavy atom. The third kappa shape index (κ3) is 4.90. The van der Waals surface area contributed by atoms with Crippen LogP contribution in [-0.4, -0.2) is 40.2 Å². The molecule has 0 radical (unpaired) electrons. The van der Waals surface area contributed by atoms with Gasteiger partial charge in [0.05, 0.1) is 5.56 Å². The summed E-state index contributed by atoms with van der Waals surface area (Å²) in [5.41, 5.74) is 3.18. The number of Topliss-reactive ketones (excluding diaryl/α,β-unsaturated/α-hetero) is 1. The molecule has 1 aliphatic rings. The number of amides is 2. The van der Waals surface area contributed by atoms with Crippen LogP contribution < -0.4 is 5.32 Å². The van der Waals surface area contributed by atoms with Gasteiger partial charge in [-0.25, -0.2) is 0 Å². The normalized spacial score (nSPS) is 14.2. The molecule has 3 aromatic rings. The predicted molar refractivity (Wildman–Crippen MR) is 124 cm³/mol. The zero-order chi connectivity index (χ0) is 22.5. The number of ketones is 1. The summed E-state index contributed by atoms with van der Waals surface area (Å²) in [6.07, 6.45) is 6.03. The number of likely N-dealkylation sites (tertiary alicyclic amines) is 1. The molecule has 2 amide bonds. The van der Waals surface area contributed by atoms with Crippen molar-refractivity contribution in [1.29, 1.82) is 0 Å². The Morgan fingerprint density at radius 3 is 2.31 bits per heavy atom. The summed E-state index contributed by atoms with van der Waals surface area (Å²) in [4.78, 5) is 40.4. The van der Waals surface area contributed by atoms with Gasteiger partial charge in [0.15, 0.2) is 0 Å². The molecule has 0 bridgehead atoms. The number of benzene rings is 2. The van der Waals surface area contributed by atoms with Crippen molar-refractivity contribution in [2.75, 3.05) is 13.1 Å². The molecule has 0 unspecified atom stereocenters. The Kier molecular flexibility index (Phi) is 6.69. The number of nitrogens with zero attached hydrogens (tertiary/aromatic N) is 2. The fourth-order valence-corrected chi connectivity index (χ4v) is 4.22. The maximum absolute atomic E-state index is 13.0. The first-order valence-corrected chi connectivity index (χ1v) is 11.3. The summed E-state index contributed by atoms with van der Waals surface area (Å²) in [5.74, 6) is -1.18. The lowest BCUT2D eigenvalue weighted by Gasteiger charge is -2.20. The smallest absolute Gasteiger partial charge is 0.292 e. The van der Waals surface area contributed by atoms with Crippen molar-refractivity contribution in [1.82, 2.24) is 14.8 Å². The SMILES string of the molecule is Cc1ccc(CNC(=O)C(=O)c2cn(CC(=O)N3CCCCCC3)c3ccccc23)cc1. The van der Waals surface area contributed by atoms with Gasteiger partial charge in [0, 0.05) is 36.7 Å². The van der Waals surface area contributed by atoms with Gasteiger partial charge in [-0.05, 0) is 31.4 Å². The lowest BCUT2D eigenvalue weighted by Crippen LogP contribution is -2.34. The van der Waals surface area contributed by atoms with Crippen molar-refractivity contribution in [3.63, 3.8) is 0 Å². The van der Waals surface area contributed by atoms with Crippen LogP contribution in [0.1, 0.15) is 47.2 Å². The number of aromatic nitrogens is 1. The first kappa shape index (κ1) is 21.8. The molecule has 0 spiro atoms. The van der Waals surface area contributed by atoms with Crippen LogP contribution in [0, 0.1) is 6.92 Å². The topological polar surface area (TPSA) is 71.4 Å². The Morgan fingerprint density at radius 2 is 1.59 bits per heavy atom. The number of rotatable bonds is 6. The van der Waals surface area contributed by atoms with E-state index in [4.69, 9.17) is 0 Å². The van der Waals surface area contributed by atoms with Gasteiger partial charge in [-0.15, -0.1) is 0 Å². The second-order valence-electron chi connectivity index (χ2n) is 8.48. The highest BCUT2D eigenvalue weighted by Crippen LogP contribution is 2.22. The molecule has 1 N–H and O–H groups in total. The Bertz CT molecular complexity index is 1120. The Hall–Kier alpha value is -3.41. The molecule has 0 saturated carbocycles. The largest absolute Gasteiger partial charge is 0.345 e. The monoisotopic (exact) mass is 431 g/mol. The van der Waals surface area contributed by atoms with Crippen molar-refractivity contribution < 1.29 is 14.4 Å². The van der Waals surface area contributed by atoms with Gasteiger partial charge in [-0.2, -0.15) is 0 Å². The second kappa shape index (κ2) is 9.81. The zero-order valence-electron chi connectivity index (χ0n) is 18.5. The van der Waals surface area contributed by atoms with Gasteiger partial charge in [-0.3, -0.25) is 14.4 Å². The van der Waals surface area contributed by atoms with Gasteiger partial charge < -0.3 is 14.8 Å². The van der Waals surface area contributed by atoms with Crippen LogP contribution in [0.4, 0.5) is 0 Å². The summed E-state index contributed by atoms with van der Waals surface area (Å²) in [7, 11) is 0. The summed E-state index contributed by atoms with van der Waals surface area (Å²) >= 11 is 0. The van der Waals surface area contributed by atoms with E-state index >= 15 is 0 Å². The van der Waals surface area contributed by atoms with Crippen LogP contribution in [-0.2, 0) is 22.7 Å². The van der Waals surface area contributed by atoms with E-state index in [1.165, 1.54) is 0 Å². The lowest BCUT2D eigenvalue weighted by atomic mass is 10.1. The summed E-state index contributed by atoms with van der Waals surface area (Å²) < 4.78 is 1.79. The zero-order valence-corrected chi connectivity index (χ0v) is 18.5. The van der Waals surface area contributed by atoms with Crippen LogP contribution >= 0.6 is 0 Å². The van der Waals surface area contributed by atoms with Crippen molar-refractivity contribution in [2.24, 2.45) is 0 Å². The van der Waals surface area contributed by atoms with E-state index in [1.54, 1.807) is 10.8 Å². The van der Waals surface area contributed by atoms with Crippen LogP contribution in [0.3, 0.4) is 0 Å². The van der Waals surface area contributed by atoms with E-state index in [2.05, 4.69) is 5.32 Å². The molecule has 6 nitrogen and oxygen atoms in total. The highest BCUT2D eigenvalue weighted by Gasteiger charge is 2.23. The average molecular weight is 432 g/mol. The molecule has 1 saturated heterocycles. The quantitative estimate of drug-likeness (QED) is 0.476. The molecule has 1 aliphatic heterocycles. The molecule has 2 aromatic carbocycles. The minimum Gasteiger partial charge on any atom is -0.345 e. The maximum Gasteiger partial charge on any atom is 0.292 e. The molecule has 6 heteroatoms. The van der Waals surface area contributed by atoms with E-state index < -0.39 is 11.7 Å². The predicted octanol–water partition coefficient (Wildman–Crippen LogP) is 3.85. The summed E-state index contributed by atoms with van der Waals surface area (Å²) in [6, 6.07) is 15.2. The van der Waals surface area contributed by atoms with Crippen LogP contribution in [0.2, 0.25) is 0 Å². The lowest BCUT2D eigenvalue weighted by molar-refractivity contribution is -0.131. The van der Waals surface area contributed by atoms with E-state index in [0.717, 1.165) is 55.4 Å². The number of aryl methyl sites for hydroxylation is 1. The van der Waals surface area contributed by atoms with E-state index in [-0.39, 0.29) is 19.0 Å². The number of para-hydroxylation sites is 1. The van der Waals surface area contributed by atoms with E-state index in [0.29, 0.717) is 10.9 Å². The number of fused-ring (bicyclic) bond motifs is 1. The van der Waals surface area contributed by atoms with E-state index in [9.17, 15) is 14.4 Å². The molecule has 1 fully saturated rings. The van der Waals surface area contributed by atoms with Crippen molar-refractivity contribution in [3.05, 3.63) is 71.4 Å². The number of nitrogens with one attached hydrogen (secondary N) is 1. The van der Waals surface area contributed by atoms with E-state index in [1.807, 2.05) is 60.4 Å². The maximum atomic E-state index is 13.0. The molecule has 0 atom stereocenters.